The van der Waals surface area contributed by atoms with E-state index in [2.05, 4.69) is 75.6 Å². The number of nitrogens with one attached hydrogen (secondary N) is 1. The fraction of sp³-hybridized carbons (Fsp3) is 0.167. The molecule has 21 heavy (non-hydrogen) atoms. The van der Waals surface area contributed by atoms with E-state index in [4.69, 9.17) is 0 Å². The van der Waals surface area contributed by atoms with Crippen LogP contribution >= 0.6 is 15.9 Å². The van der Waals surface area contributed by atoms with Gasteiger partial charge in [-0.2, -0.15) is 0 Å². The molecule has 3 rings (SSSR count). The number of para-hydroxylation sites is 1. The van der Waals surface area contributed by atoms with Gasteiger partial charge in [-0.15, -0.1) is 0 Å². The third-order valence-corrected chi connectivity index (χ3v) is 4.41. The Labute approximate surface area is 133 Å². The van der Waals surface area contributed by atoms with Crippen LogP contribution in [0.15, 0.2) is 65.3 Å². The van der Waals surface area contributed by atoms with Crippen LogP contribution in [0.5, 0.6) is 0 Å². The molecule has 1 N–H and O–H groups in total. The summed E-state index contributed by atoms with van der Waals surface area (Å²) in [7, 11) is 0. The Kier molecular flexibility index (Phi) is 4.32. The highest BCUT2D eigenvalue weighted by atomic mass is 79.9. The monoisotopic (exact) mass is 340 g/mol. The molecule has 1 heterocycles. The van der Waals surface area contributed by atoms with Crippen LogP contribution < -0.4 is 5.32 Å². The van der Waals surface area contributed by atoms with Crippen molar-refractivity contribution in [3.63, 3.8) is 0 Å². The van der Waals surface area contributed by atoms with Crippen LogP contribution in [0.1, 0.15) is 24.1 Å². The second kappa shape index (κ2) is 6.37. The third kappa shape index (κ3) is 3.14. The smallest absolute Gasteiger partial charge is 0.0746 e. The minimum Gasteiger partial charge on any atom is -0.306 e. The average Bonchev–Trinajstić information content (AvgIpc) is 2.53. The number of hydrogen-bond donors (Lipinski definition) is 1. The predicted molar refractivity (Wildman–Crippen MR) is 91.1 cm³/mol. The number of nitrogens with zero attached hydrogens (tertiary/aromatic N) is 1. The molecule has 0 amide bonds. The van der Waals surface area contributed by atoms with Crippen LogP contribution in [0, 0.1) is 0 Å². The fourth-order valence-corrected chi connectivity index (χ4v) is 3.14. The van der Waals surface area contributed by atoms with Gasteiger partial charge in [0.15, 0.2) is 0 Å². The van der Waals surface area contributed by atoms with E-state index in [-0.39, 0.29) is 6.04 Å². The molecule has 3 aromatic rings. The maximum absolute atomic E-state index is 4.50. The summed E-state index contributed by atoms with van der Waals surface area (Å²) in [6.45, 7) is 2.98. The van der Waals surface area contributed by atoms with Crippen molar-refractivity contribution in [3.8, 4) is 0 Å². The van der Waals surface area contributed by atoms with Crippen molar-refractivity contribution in [3.05, 3.63) is 76.4 Å². The molecule has 3 heteroatoms. The molecule has 0 saturated carbocycles. The number of fused-ring (bicyclic) bond motifs is 1. The van der Waals surface area contributed by atoms with Crippen LogP contribution in [0.3, 0.4) is 0 Å². The van der Waals surface area contributed by atoms with Gasteiger partial charge in [-0.25, -0.2) is 0 Å². The number of halogens is 1. The Balaban J connectivity index is 1.79. The molecule has 0 radical (unpaired) electrons. The van der Waals surface area contributed by atoms with Crippen LogP contribution in [0.4, 0.5) is 0 Å². The van der Waals surface area contributed by atoms with Gasteiger partial charge in [0, 0.05) is 28.6 Å². The van der Waals surface area contributed by atoms with Gasteiger partial charge in [0.1, 0.15) is 0 Å². The second-order valence-electron chi connectivity index (χ2n) is 5.12. The van der Waals surface area contributed by atoms with Crippen LogP contribution in [0.25, 0.3) is 10.9 Å². The zero-order valence-electron chi connectivity index (χ0n) is 11.9. The largest absolute Gasteiger partial charge is 0.306 e. The molecule has 1 atom stereocenters. The van der Waals surface area contributed by atoms with E-state index >= 15 is 0 Å². The summed E-state index contributed by atoms with van der Waals surface area (Å²) in [5.74, 6) is 0. The fourth-order valence-electron chi connectivity index (χ4n) is 2.51. The maximum atomic E-state index is 4.50. The van der Waals surface area contributed by atoms with Gasteiger partial charge in [0.05, 0.1) is 5.52 Å². The highest BCUT2D eigenvalue weighted by Gasteiger charge is 2.09. The zero-order chi connectivity index (χ0) is 14.7. The molecule has 0 spiro atoms. The molecular formula is C18H17BrN2. The molecule has 0 aliphatic carbocycles. The Morgan fingerprint density at radius 3 is 2.71 bits per heavy atom. The van der Waals surface area contributed by atoms with Gasteiger partial charge in [-0.05, 0) is 30.2 Å². The minimum atomic E-state index is 0.277. The van der Waals surface area contributed by atoms with Gasteiger partial charge in [0.25, 0.3) is 0 Å². The zero-order valence-corrected chi connectivity index (χ0v) is 13.5. The Hall–Kier alpha value is -1.71. The first-order chi connectivity index (χ1) is 10.3. The number of aromatic nitrogens is 1. The minimum absolute atomic E-state index is 0.277. The lowest BCUT2D eigenvalue weighted by Gasteiger charge is -2.16. The summed E-state index contributed by atoms with van der Waals surface area (Å²) < 4.78 is 1.14. The summed E-state index contributed by atoms with van der Waals surface area (Å²) in [4.78, 5) is 4.50. The number of rotatable bonds is 4. The third-order valence-electron chi connectivity index (χ3n) is 3.69. The van der Waals surface area contributed by atoms with E-state index in [1.165, 1.54) is 16.5 Å². The molecule has 106 valence electrons. The van der Waals surface area contributed by atoms with Crippen molar-refractivity contribution in [1.29, 1.82) is 0 Å². The predicted octanol–water partition coefficient (Wildman–Crippen LogP) is 4.85. The summed E-state index contributed by atoms with van der Waals surface area (Å²) >= 11 is 3.61. The van der Waals surface area contributed by atoms with Crippen molar-refractivity contribution in [2.45, 2.75) is 19.5 Å². The van der Waals surface area contributed by atoms with Crippen molar-refractivity contribution < 1.29 is 0 Å². The summed E-state index contributed by atoms with van der Waals surface area (Å²) in [6.07, 6.45) is 1.85. The number of hydrogen-bond acceptors (Lipinski definition) is 2. The molecule has 0 fully saturated rings. The first-order valence-corrected chi connectivity index (χ1v) is 7.85. The molecule has 1 aromatic heterocycles. The lowest BCUT2D eigenvalue weighted by Crippen LogP contribution is -2.18. The molecule has 0 aliphatic rings. The molecule has 2 aromatic carbocycles. The van der Waals surface area contributed by atoms with E-state index in [0.29, 0.717) is 0 Å². The summed E-state index contributed by atoms with van der Waals surface area (Å²) in [5, 5.41) is 4.76. The van der Waals surface area contributed by atoms with E-state index in [9.17, 15) is 0 Å². The Morgan fingerprint density at radius 2 is 1.86 bits per heavy atom. The number of pyridine rings is 1. The Bertz CT molecular complexity index is 750. The molecule has 0 aliphatic heterocycles. The standard InChI is InChI=1S/C18H17BrN2/c1-13(16-9-2-3-10-17(16)19)21-12-15-7-4-6-14-8-5-11-20-18(14)15/h2-11,13,21H,12H2,1H3/t13-/m0/s1. The lowest BCUT2D eigenvalue weighted by molar-refractivity contribution is 0.574. The summed E-state index contributed by atoms with van der Waals surface area (Å²) in [6, 6.07) is 19.0. The van der Waals surface area contributed by atoms with E-state index in [1.807, 2.05) is 18.3 Å². The Morgan fingerprint density at radius 1 is 1.05 bits per heavy atom. The first-order valence-electron chi connectivity index (χ1n) is 7.06. The highest BCUT2D eigenvalue weighted by molar-refractivity contribution is 9.10. The maximum Gasteiger partial charge on any atom is 0.0746 e. The molecular weight excluding hydrogens is 324 g/mol. The van der Waals surface area contributed by atoms with Gasteiger partial charge in [0.2, 0.25) is 0 Å². The molecule has 0 bridgehead atoms. The SMILES string of the molecule is C[C@H](NCc1cccc2cccnc12)c1ccccc1Br. The van der Waals surface area contributed by atoms with E-state index in [0.717, 1.165) is 16.5 Å². The lowest BCUT2D eigenvalue weighted by atomic mass is 10.1. The molecule has 0 saturated heterocycles. The van der Waals surface area contributed by atoms with Gasteiger partial charge >= 0.3 is 0 Å². The van der Waals surface area contributed by atoms with Crippen LogP contribution in [-0.2, 0) is 6.54 Å². The van der Waals surface area contributed by atoms with E-state index in [1.54, 1.807) is 0 Å². The summed E-state index contributed by atoms with van der Waals surface area (Å²) in [5.41, 5.74) is 3.57. The molecule has 2 nitrogen and oxygen atoms in total. The number of benzene rings is 2. The van der Waals surface area contributed by atoms with Crippen molar-refractivity contribution in [1.82, 2.24) is 10.3 Å². The van der Waals surface area contributed by atoms with Gasteiger partial charge in [-0.3, -0.25) is 4.98 Å². The van der Waals surface area contributed by atoms with Crippen molar-refractivity contribution in [2.24, 2.45) is 0 Å². The van der Waals surface area contributed by atoms with Crippen LogP contribution in [-0.4, -0.2) is 4.98 Å². The second-order valence-corrected chi connectivity index (χ2v) is 5.97. The van der Waals surface area contributed by atoms with Crippen LogP contribution in [0.2, 0.25) is 0 Å². The highest BCUT2D eigenvalue weighted by Crippen LogP contribution is 2.23. The average molecular weight is 341 g/mol. The topological polar surface area (TPSA) is 24.9 Å². The van der Waals surface area contributed by atoms with Gasteiger partial charge < -0.3 is 5.32 Å². The van der Waals surface area contributed by atoms with Crippen molar-refractivity contribution in [2.75, 3.05) is 0 Å². The van der Waals surface area contributed by atoms with E-state index < -0.39 is 0 Å². The van der Waals surface area contributed by atoms with Gasteiger partial charge in [-0.1, -0.05) is 58.4 Å². The first kappa shape index (κ1) is 14.2. The van der Waals surface area contributed by atoms with Crippen molar-refractivity contribution >= 4 is 26.8 Å². The normalized spacial score (nSPS) is 12.5. The quantitative estimate of drug-likeness (QED) is 0.734. The molecule has 0 unspecified atom stereocenters.